The minimum absolute atomic E-state index is 0.152. The number of aliphatic hydroxyl groups is 2. The predicted octanol–water partition coefficient (Wildman–Crippen LogP) is -0.922. The molecule has 3 aromatic heterocycles. The largest absolute Gasteiger partial charge is 0.856 e. The molecule has 7 N–H and O–H groups in total. The van der Waals surface area contributed by atoms with Crippen LogP contribution in [0.5, 0.6) is 5.88 Å². The number of hydrogen-bond donors (Lipinski definition) is 6. The molecule has 192 valence electrons. The molecular formula is C21H26N7O6PS. The molecule has 0 bridgehead atoms. The molecule has 0 aliphatic carbocycles. The number of aryl methyl sites for hydroxylation is 1. The van der Waals surface area contributed by atoms with Gasteiger partial charge in [-0.15, -0.1) is 0 Å². The molecular weight excluding hydrogens is 509 g/mol. The lowest BCUT2D eigenvalue weighted by Gasteiger charge is -2.20. The summed E-state index contributed by atoms with van der Waals surface area (Å²) in [5.41, 5.74) is 8.04. The Morgan fingerprint density at radius 1 is 1.33 bits per heavy atom. The lowest BCUT2D eigenvalue weighted by atomic mass is 10.1. The maximum absolute atomic E-state index is 12.2. The van der Waals surface area contributed by atoms with E-state index < -0.39 is 37.1 Å². The van der Waals surface area contributed by atoms with Gasteiger partial charge in [-0.25, -0.2) is 14.6 Å². The molecule has 1 aromatic carbocycles. The first-order chi connectivity index (χ1) is 17.1. The van der Waals surface area contributed by atoms with Crippen LogP contribution in [-0.2, 0) is 34.5 Å². The zero-order chi connectivity index (χ0) is 25.6. The van der Waals surface area contributed by atoms with Crippen molar-refractivity contribution in [3.8, 4) is 5.88 Å². The Labute approximate surface area is 210 Å². The van der Waals surface area contributed by atoms with E-state index in [2.05, 4.69) is 20.0 Å². The number of imidazole rings is 1. The molecule has 1 aliphatic heterocycles. The lowest BCUT2D eigenvalue weighted by Crippen LogP contribution is -2.46. The van der Waals surface area contributed by atoms with Crippen LogP contribution in [0.4, 0.5) is 5.95 Å². The number of hydrogen-bond acceptors (Lipinski definition) is 9. The predicted molar refractivity (Wildman–Crippen MR) is 131 cm³/mol. The van der Waals surface area contributed by atoms with E-state index in [0.29, 0.717) is 13.0 Å². The van der Waals surface area contributed by atoms with Crippen LogP contribution in [0.25, 0.3) is 22.1 Å². The van der Waals surface area contributed by atoms with Gasteiger partial charge in [-0.2, -0.15) is 0 Å². The fourth-order valence-corrected chi connectivity index (χ4v) is 5.69. The van der Waals surface area contributed by atoms with Gasteiger partial charge in [0, 0.05) is 29.5 Å². The Morgan fingerprint density at radius 3 is 2.92 bits per heavy atom. The van der Waals surface area contributed by atoms with Crippen LogP contribution in [0.15, 0.2) is 36.8 Å². The number of aromatic nitrogens is 5. The van der Waals surface area contributed by atoms with Gasteiger partial charge in [0.15, 0.2) is 11.8 Å². The molecule has 5 atom stereocenters. The van der Waals surface area contributed by atoms with Crippen LogP contribution in [0.2, 0.25) is 0 Å². The highest BCUT2D eigenvalue weighted by Gasteiger charge is 2.47. The molecule has 4 heterocycles. The molecule has 0 radical (unpaired) electrons. The van der Waals surface area contributed by atoms with Gasteiger partial charge in [-0.1, -0.05) is 23.2 Å². The van der Waals surface area contributed by atoms with E-state index in [-0.39, 0.29) is 23.7 Å². The van der Waals surface area contributed by atoms with Crippen molar-refractivity contribution in [1.29, 1.82) is 0 Å². The van der Waals surface area contributed by atoms with Crippen molar-refractivity contribution in [2.75, 3.05) is 18.9 Å². The Kier molecular flexibility index (Phi) is 6.70. The van der Waals surface area contributed by atoms with Gasteiger partial charge in [0.1, 0.15) is 18.3 Å². The highest BCUT2D eigenvalue weighted by Crippen LogP contribution is 2.39. The minimum atomic E-state index is -3.40. The van der Waals surface area contributed by atoms with Crippen LogP contribution in [0.1, 0.15) is 11.8 Å². The first kappa shape index (κ1) is 25.0. The van der Waals surface area contributed by atoms with Gasteiger partial charge in [0.25, 0.3) is 12.6 Å². The van der Waals surface area contributed by atoms with E-state index in [1.807, 2.05) is 30.5 Å². The van der Waals surface area contributed by atoms with Crippen molar-refractivity contribution >= 4 is 46.5 Å². The molecule has 1 fully saturated rings. The third kappa shape index (κ3) is 4.69. The summed E-state index contributed by atoms with van der Waals surface area (Å²) in [6.45, 7) is -3.29. The number of anilines is 1. The number of nitrogen functional groups attached to an aromatic ring is 1. The number of nitrogens with zero attached hydrogens (tertiary/aromatic N) is 4. The van der Waals surface area contributed by atoms with Crippen LogP contribution in [0, 0.1) is 0 Å². The van der Waals surface area contributed by atoms with Crippen LogP contribution >= 0.6 is 6.64 Å². The summed E-state index contributed by atoms with van der Waals surface area (Å²) < 4.78 is 14.2. The van der Waals surface area contributed by atoms with E-state index >= 15 is 0 Å². The average molecular weight is 536 g/mol. The number of aromatic amines is 1. The van der Waals surface area contributed by atoms with E-state index in [4.69, 9.17) is 26.8 Å². The second kappa shape index (κ2) is 9.65. The summed E-state index contributed by atoms with van der Waals surface area (Å²) >= 11 is 5.21. The Balaban J connectivity index is 1.22. The fourth-order valence-electron chi connectivity index (χ4n) is 4.40. The van der Waals surface area contributed by atoms with Gasteiger partial charge >= 0.3 is 5.65 Å². The summed E-state index contributed by atoms with van der Waals surface area (Å²) in [5.74, 6) is -0.800. The second-order valence-electron chi connectivity index (χ2n) is 8.57. The molecule has 13 nitrogen and oxygen atoms in total. The Morgan fingerprint density at radius 2 is 2.11 bits per heavy atom. The van der Waals surface area contributed by atoms with Crippen molar-refractivity contribution in [3.63, 3.8) is 0 Å². The first-order valence-electron chi connectivity index (χ1n) is 11.1. The molecule has 0 spiro atoms. The SMILES string of the molecule is Cn1c[n+]([C@@H]2O[C@H](COP(O)(=S)NCCc3c[nH]c4ccccc34)[C@@H](O)[C@H]2O)c2nc(N)nc([O-])c21. The molecule has 1 aliphatic rings. The zero-order valence-electron chi connectivity index (χ0n) is 19.2. The van der Waals surface area contributed by atoms with Crippen molar-refractivity contribution < 1.29 is 34.0 Å². The first-order valence-corrected chi connectivity index (χ1v) is 13.8. The number of fused-ring (bicyclic) bond motifs is 2. The van der Waals surface area contributed by atoms with Gasteiger partial charge in [0.2, 0.25) is 6.23 Å². The maximum atomic E-state index is 12.2. The highest BCUT2D eigenvalue weighted by molar-refractivity contribution is 8.08. The summed E-state index contributed by atoms with van der Waals surface area (Å²) in [5, 5.41) is 37.4. The summed E-state index contributed by atoms with van der Waals surface area (Å²) in [7, 11) is 1.61. The standard InChI is InChI=1S/C21H26N7O6PS/c1-27-10-28(18-15(27)19(31)26-21(22)25-18)20-17(30)16(29)14(34-20)9-33-35(32,36)24-7-6-11-8-23-13-5-3-2-4-12(11)13/h2-5,8,10,14,16-17,20,23,29-30H,6-7,9H2,1H3,(H4-,22,24,25,26,31,32,36)/t14-,16-,17-,20-,35?/m1/s1. The van der Waals surface area contributed by atoms with Gasteiger partial charge in [-0.05, 0) is 29.9 Å². The third-order valence-electron chi connectivity index (χ3n) is 6.15. The fraction of sp³-hybridized carbons (Fsp3) is 0.381. The summed E-state index contributed by atoms with van der Waals surface area (Å²) in [6.07, 6.45) is -0.776. The Bertz CT molecular complexity index is 1460. The van der Waals surface area contributed by atoms with Crippen LogP contribution in [0.3, 0.4) is 0 Å². The number of para-hydroxylation sites is 1. The van der Waals surface area contributed by atoms with E-state index in [1.165, 1.54) is 15.5 Å². The normalized spacial score (nSPS) is 24.0. The monoisotopic (exact) mass is 535 g/mol. The highest BCUT2D eigenvalue weighted by atomic mass is 32.5. The molecule has 1 saturated heterocycles. The number of nitrogens with one attached hydrogen (secondary N) is 2. The van der Waals surface area contributed by atoms with Crippen molar-refractivity contribution in [3.05, 3.63) is 42.4 Å². The van der Waals surface area contributed by atoms with E-state index in [0.717, 1.165) is 16.5 Å². The Hall–Kier alpha value is -2.68. The molecule has 5 rings (SSSR count). The van der Waals surface area contributed by atoms with Crippen LogP contribution < -0.4 is 20.5 Å². The van der Waals surface area contributed by atoms with E-state index in [9.17, 15) is 20.2 Å². The molecule has 0 saturated carbocycles. The average Bonchev–Trinajstić information content (AvgIpc) is 3.47. The van der Waals surface area contributed by atoms with Crippen molar-refractivity contribution in [2.24, 2.45) is 7.05 Å². The smallest absolute Gasteiger partial charge is 0.309 e. The number of rotatable bonds is 8. The summed E-state index contributed by atoms with van der Waals surface area (Å²) in [4.78, 5) is 21.5. The number of aliphatic hydroxyl groups excluding tert-OH is 2. The summed E-state index contributed by atoms with van der Waals surface area (Å²) in [6, 6.07) is 7.91. The van der Waals surface area contributed by atoms with E-state index in [1.54, 1.807) is 7.05 Å². The van der Waals surface area contributed by atoms with Crippen molar-refractivity contribution in [1.82, 2.24) is 24.6 Å². The zero-order valence-corrected chi connectivity index (χ0v) is 20.9. The van der Waals surface area contributed by atoms with Crippen LogP contribution in [-0.4, -0.2) is 66.1 Å². The quantitative estimate of drug-likeness (QED) is 0.121. The van der Waals surface area contributed by atoms with Gasteiger partial charge in [-0.3, -0.25) is 4.57 Å². The number of nitrogens with two attached hydrogens (primary N) is 1. The lowest BCUT2D eigenvalue weighted by molar-refractivity contribution is -0.745. The maximum Gasteiger partial charge on any atom is 0.309 e. The van der Waals surface area contributed by atoms with Gasteiger partial charge in [0.05, 0.1) is 13.7 Å². The molecule has 0 amide bonds. The third-order valence-corrected chi connectivity index (χ3v) is 7.98. The van der Waals surface area contributed by atoms with Crippen molar-refractivity contribution in [2.45, 2.75) is 31.0 Å². The number of H-pyrrole nitrogens is 1. The number of benzene rings is 1. The molecule has 1 unspecified atom stereocenters. The molecule has 4 aromatic rings. The topological polar surface area (TPSA) is 191 Å². The number of ether oxygens (including phenoxy) is 1. The minimum Gasteiger partial charge on any atom is -0.856 e. The second-order valence-corrected chi connectivity index (χ2v) is 11.7. The van der Waals surface area contributed by atoms with Gasteiger partial charge < -0.3 is 40.2 Å². The molecule has 36 heavy (non-hydrogen) atoms. The molecule has 15 heteroatoms.